The summed E-state index contributed by atoms with van der Waals surface area (Å²) in [7, 11) is -3.45. The predicted octanol–water partition coefficient (Wildman–Crippen LogP) is 2.55. The Morgan fingerprint density at radius 2 is 1.88 bits per heavy atom. The third kappa shape index (κ3) is 3.43. The lowest BCUT2D eigenvalue weighted by molar-refractivity contribution is -0.137. The zero-order valence-corrected chi connectivity index (χ0v) is 15.8. The molecule has 1 aromatic rings. The highest BCUT2D eigenvalue weighted by molar-refractivity contribution is 7.89. The first kappa shape index (κ1) is 17.6. The fourth-order valence-corrected chi connectivity index (χ4v) is 6.37. The fourth-order valence-electron chi connectivity index (χ4n) is 3.43. The number of nitrogens with zero attached hydrogens (tertiary/aromatic N) is 2. The molecule has 7 heteroatoms. The van der Waals surface area contributed by atoms with Crippen molar-refractivity contribution in [3.05, 3.63) is 28.0 Å². The lowest BCUT2D eigenvalue weighted by atomic mass is 9.93. The minimum absolute atomic E-state index is 0.0694. The quantitative estimate of drug-likeness (QED) is 0.771. The standard InChI is InChI=1S/C17H24N2O3S2/c1-13-12-16(14(2)23-13)24(21,22)19-10-8-18(9-11-19)17(20)15-6-4-3-5-7-15/h3-4,12,15H,5-11H2,1-2H3. The molecule has 1 aliphatic carbocycles. The molecule has 0 radical (unpaired) electrons. The number of hydrogen-bond acceptors (Lipinski definition) is 4. The molecule has 1 fully saturated rings. The molecule has 0 N–H and O–H groups in total. The van der Waals surface area contributed by atoms with E-state index < -0.39 is 10.0 Å². The maximum absolute atomic E-state index is 12.8. The van der Waals surface area contributed by atoms with E-state index in [1.165, 1.54) is 15.6 Å². The largest absolute Gasteiger partial charge is 0.340 e. The van der Waals surface area contributed by atoms with Gasteiger partial charge in [0.2, 0.25) is 15.9 Å². The maximum Gasteiger partial charge on any atom is 0.244 e. The van der Waals surface area contributed by atoms with Gasteiger partial charge in [-0.2, -0.15) is 4.31 Å². The van der Waals surface area contributed by atoms with Crippen LogP contribution in [0, 0.1) is 19.8 Å². The van der Waals surface area contributed by atoms with Crippen LogP contribution in [0.2, 0.25) is 0 Å². The molecule has 2 aliphatic rings. The first-order chi connectivity index (χ1) is 11.4. The summed E-state index contributed by atoms with van der Waals surface area (Å²) in [6.45, 7) is 5.50. The zero-order chi connectivity index (χ0) is 17.3. The number of thiophene rings is 1. The normalized spacial score (nSPS) is 22.8. The first-order valence-electron chi connectivity index (χ1n) is 8.40. The van der Waals surface area contributed by atoms with Gasteiger partial charge in [-0.25, -0.2) is 8.42 Å². The Labute approximate surface area is 148 Å². The Morgan fingerprint density at radius 3 is 2.42 bits per heavy atom. The van der Waals surface area contributed by atoms with Crippen LogP contribution < -0.4 is 0 Å². The SMILES string of the molecule is Cc1cc(S(=O)(=O)N2CCN(C(=O)C3CC=CCC3)CC2)c(C)s1. The van der Waals surface area contributed by atoms with E-state index in [0.29, 0.717) is 31.1 Å². The van der Waals surface area contributed by atoms with Gasteiger partial charge < -0.3 is 4.90 Å². The number of carbonyl (C=O) groups excluding carboxylic acids is 1. The van der Waals surface area contributed by atoms with Crippen LogP contribution >= 0.6 is 11.3 Å². The average molecular weight is 369 g/mol. The molecule has 24 heavy (non-hydrogen) atoms. The highest BCUT2D eigenvalue weighted by atomic mass is 32.2. The summed E-state index contributed by atoms with van der Waals surface area (Å²) in [5, 5.41) is 0. The number of sulfonamides is 1. The summed E-state index contributed by atoms with van der Waals surface area (Å²) in [5.74, 6) is 0.249. The summed E-state index contributed by atoms with van der Waals surface area (Å²) in [6.07, 6.45) is 6.88. The van der Waals surface area contributed by atoms with Gasteiger partial charge >= 0.3 is 0 Å². The van der Waals surface area contributed by atoms with Crippen LogP contribution in [0.25, 0.3) is 0 Å². The van der Waals surface area contributed by atoms with Crippen molar-refractivity contribution in [2.75, 3.05) is 26.2 Å². The number of allylic oxidation sites excluding steroid dienone is 2. The molecule has 0 aromatic carbocycles. The summed E-state index contributed by atoms with van der Waals surface area (Å²) in [6, 6.07) is 1.75. The topological polar surface area (TPSA) is 57.7 Å². The molecule has 5 nitrogen and oxygen atoms in total. The van der Waals surface area contributed by atoms with Crippen molar-refractivity contribution in [1.82, 2.24) is 9.21 Å². The molecular weight excluding hydrogens is 344 g/mol. The van der Waals surface area contributed by atoms with E-state index in [-0.39, 0.29) is 11.8 Å². The van der Waals surface area contributed by atoms with E-state index >= 15 is 0 Å². The zero-order valence-electron chi connectivity index (χ0n) is 14.2. The summed E-state index contributed by atoms with van der Waals surface area (Å²) in [5.41, 5.74) is 0. The van der Waals surface area contributed by atoms with Gasteiger partial charge in [-0.1, -0.05) is 12.2 Å². The molecule has 2 heterocycles. The van der Waals surface area contributed by atoms with E-state index in [2.05, 4.69) is 12.2 Å². The van der Waals surface area contributed by atoms with Crippen molar-refractivity contribution < 1.29 is 13.2 Å². The second-order valence-electron chi connectivity index (χ2n) is 6.49. The molecule has 0 bridgehead atoms. The van der Waals surface area contributed by atoms with Crippen LogP contribution in [0.15, 0.2) is 23.1 Å². The highest BCUT2D eigenvalue weighted by Crippen LogP contribution is 2.28. The van der Waals surface area contributed by atoms with Gasteiger partial charge in [0.1, 0.15) is 0 Å². The van der Waals surface area contributed by atoms with Crippen LogP contribution in [-0.2, 0) is 14.8 Å². The molecule has 1 aliphatic heterocycles. The fraction of sp³-hybridized carbons (Fsp3) is 0.588. The number of aryl methyl sites for hydroxylation is 2. The van der Waals surface area contributed by atoms with Crippen molar-refractivity contribution in [1.29, 1.82) is 0 Å². The summed E-state index contributed by atoms with van der Waals surface area (Å²) in [4.78, 5) is 16.7. The lowest BCUT2D eigenvalue weighted by Gasteiger charge is -2.36. The van der Waals surface area contributed by atoms with Gasteiger partial charge in [0.15, 0.2) is 0 Å². The van der Waals surface area contributed by atoms with E-state index in [1.807, 2.05) is 18.7 Å². The molecule has 1 aromatic heterocycles. The Kier molecular flexibility index (Phi) is 5.13. The second-order valence-corrected chi connectivity index (χ2v) is 9.86. The van der Waals surface area contributed by atoms with E-state index in [1.54, 1.807) is 6.07 Å². The monoisotopic (exact) mass is 368 g/mol. The van der Waals surface area contributed by atoms with Gasteiger partial charge in [0.25, 0.3) is 0 Å². The van der Waals surface area contributed by atoms with Crippen LogP contribution in [-0.4, -0.2) is 49.7 Å². The first-order valence-corrected chi connectivity index (χ1v) is 10.7. The van der Waals surface area contributed by atoms with E-state index in [4.69, 9.17) is 0 Å². The molecule has 1 saturated heterocycles. The summed E-state index contributed by atoms with van der Waals surface area (Å²) >= 11 is 1.51. The van der Waals surface area contributed by atoms with Crippen LogP contribution in [0.1, 0.15) is 29.0 Å². The highest BCUT2D eigenvalue weighted by Gasteiger charge is 2.33. The van der Waals surface area contributed by atoms with Crippen molar-refractivity contribution in [3.63, 3.8) is 0 Å². The van der Waals surface area contributed by atoms with Crippen molar-refractivity contribution in [2.24, 2.45) is 5.92 Å². The summed E-state index contributed by atoms with van der Waals surface area (Å²) < 4.78 is 27.2. The van der Waals surface area contributed by atoms with Crippen LogP contribution in [0.4, 0.5) is 0 Å². The maximum atomic E-state index is 12.8. The van der Waals surface area contributed by atoms with Gasteiger partial charge in [-0.3, -0.25) is 4.79 Å². The Balaban J connectivity index is 1.65. The molecular formula is C17H24N2O3S2. The van der Waals surface area contributed by atoms with Gasteiger partial charge in [0, 0.05) is 41.9 Å². The van der Waals surface area contributed by atoms with Crippen molar-refractivity contribution in [3.8, 4) is 0 Å². The molecule has 3 rings (SSSR count). The van der Waals surface area contributed by atoms with Gasteiger partial charge in [0.05, 0.1) is 4.90 Å². The van der Waals surface area contributed by atoms with Gasteiger partial charge in [-0.15, -0.1) is 11.3 Å². The van der Waals surface area contributed by atoms with Crippen LogP contribution in [0.5, 0.6) is 0 Å². The van der Waals surface area contributed by atoms with Crippen molar-refractivity contribution in [2.45, 2.75) is 38.0 Å². The number of carbonyl (C=O) groups is 1. The number of rotatable bonds is 3. The third-order valence-corrected chi connectivity index (χ3v) is 7.90. The molecule has 0 spiro atoms. The average Bonchev–Trinajstić information content (AvgIpc) is 2.94. The molecule has 1 unspecified atom stereocenters. The third-order valence-electron chi connectivity index (χ3n) is 4.78. The second kappa shape index (κ2) is 6.98. The number of hydrogen-bond donors (Lipinski definition) is 0. The van der Waals surface area contributed by atoms with Crippen molar-refractivity contribution >= 4 is 27.3 Å². The molecule has 1 atom stereocenters. The number of piperazine rings is 1. The Morgan fingerprint density at radius 1 is 1.17 bits per heavy atom. The molecule has 1 amide bonds. The molecule has 132 valence electrons. The number of amides is 1. The van der Waals surface area contributed by atoms with E-state index in [9.17, 15) is 13.2 Å². The lowest BCUT2D eigenvalue weighted by Crippen LogP contribution is -2.51. The molecule has 0 saturated carbocycles. The predicted molar refractivity (Wildman–Crippen MR) is 95.6 cm³/mol. The minimum Gasteiger partial charge on any atom is -0.340 e. The minimum atomic E-state index is -3.45. The Hall–Kier alpha value is -1.18. The van der Waals surface area contributed by atoms with Gasteiger partial charge in [-0.05, 0) is 39.2 Å². The van der Waals surface area contributed by atoms with E-state index in [0.717, 1.165) is 29.0 Å². The van der Waals surface area contributed by atoms with Crippen LogP contribution in [0.3, 0.4) is 0 Å². The smallest absolute Gasteiger partial charge is 0.244 e. The Bertz CT molecular complexity index is 744.